The number of rotatable bonds is 5. The average Bonchev–Trinajstić information content (AvgIpc) is 3.10. The van der Waals surface area contributed by atoms with E-state index in [4.69, 9.17) is 15.1 Å². The number of aryl methyl sites for hydroxylation is 2. The summed E-state index contributed by atoms with van der Waals surface area (Å²) in [6, 6.07) is 6.68. The van der Waals surface area contributed by atoms with E-state index in [0.29, 0.717) is 11.9 Å². The van der Waals surface area contributed by atoms with Gasteiger partial charge in [-0.1, -0.05) is 0 Å². The number of halogens is 1. The lowest BCUT2D eigenvalue weighted by molar-refractivity contribution is 0.166. The highest BCUT2D eigenvalue weighted by Crippen LogP contribution is 2.21. The second kappa shape index (κ2) is 9.68. The number of benzene rings is 1. The molecule has 1 aromatic heterocycles. The van der Waals surface area contributed by atoms with Crippen molar-refractivity contribution >= 4 is 11.6 Å². The highest BCUT2D eigenvalue weighted by atomic mass is 19.1. The number of nitrogens with zero attached hydrogens (tertiary/aromatic N) is 5. The van der Waals surface area contributed by atoms with Gasteiger partial charge in [-0.05, 0) is 70.0 Å². The summed E-state index contributed by atoms with van der Waals surface area (Å²) in [6.07, 6.45) is 2.24. The van der Waals surface area contributed by atoms with Crippen molar-refractivity contribution in [3.8, 4) is 0 Å². The van der Waals surface area contributed by atoms with Crippen LogP contribution in [0.4, 0.5) is 10.1 Å². The maximum absolute atomic E-state index is 13.1. The molecular weight excluding hydrogens is 395 g/mol. The molecule has 3 heterocycles. The van der Waals surface area contributed by atoms with Crippen LogP contribution in [-0.4, -0.2) is 66.6 Å². The molecule has 2 saturated heterocycles. The molecule has 4 rings (SSSR count). The number of oxazole rings is 1. The minimum Gasteiger partial charge on any atom is -0.444 e. The van der Waals surface area contributed by atoms with Crippen molar-refractivity contribution in [1.29, 1.82) is 0 Å². The summed E-state index contributed by atoms with van der Waals surface area (Å²) in [4.78, 5) is 16.0. The Morgan fingerprint density at radius 1 is 1.10 bits per heavy atom. The van der Waals surface area contributed by atoms with Gasteiger partial charge in [0.05, 0.1) is 12.2 Å². The largest absolute Gasteiger partial charge is 0.444 e. The summed E-state index contributed by atoms with van der Waals surface area (Å²) in [5.41, 5.74) is 8.33. The van der Waals surface area contributed by atoms with E-state index >= 15 is 0 Å². The molecule has 0 spiro atoms. The van der Waals surface area contributed by atoms with Crippen molar-refractivity contribution in [3.05, 3.63) is 47.4 Å². The summed E-state index contributed by atoms with van der Waals surface area (Å²) < 4.78 is 18.8. The predicted molar refractivity (Wildman–Crippen MR) is 121 cm³/mol. The van der Waals surface area contributed by atoms with Crippen molar-refractivity contribution in [2.45, 2.75) is 33.2 Å². The Morgan fingerprint density at radius 3 is 2.39 bits per heavy atom. The van der Waals surface area contributed by atoms with Gasteiger partial charge in [0.2, 0.25) is 5.89 Å². The number of anilines is 1. The zero-order valence-corrected chi connectivity index (χ0v) is 18.6. The second-order valence-electron chi connectivity index (χ2n) is 8.62. The first kappa shape index (κ1) is 21.6. The number of hydrogen-bond donors (Lipinski definition) is 1. The third-order valence-electron chi connectivity index (χ3n) is 6.45. The van der Waals surface area contributed by atoms with Crippen LogP contribution in [0.3, 0.4) is 0 Å². The molecule has 0 unspecified atom stereocenters. The number of piperazine rings is 1. The highest BCUT2D eigenvalue weighted by molar-refractivity contribution is 5.78. The molecule has 0 aliphatic carbocycles. The van der Waals surface area contributed by atoms with Crippen molar-refractivity contribution in [2.75, 3.05) is 50.7 Å². The third-order valence-corrected chi connectivity index (χ3v) is 6.45. The minimum atomic E-state index is -0.201. The fraction of sp³-hybridized carbons (Fsp3) is 0.565. The number of piperidine rings is 1. The fourth-order valence-corrected chi connectivity index (χ4v) is 4.29. The molecule has 168 valence electrons. The van der Waals surface area contributed by atoms with Gasteiger partial charge < -0.3 is 20.0 Å². The Labute approximate surface area is 183 Å². The lowest BCUT2D eigenvalue weighted by Crippen LogP contribution is -2.51. The normalized spacial score (nSPS) is 19.3. The van der Waals surface area contributed by atoms with Crippen LogP contribution < -0.4 is 10.6 Å². The van der Waals surface area contributed by atoms with Gasteiger partial charge in [0.25, 0.3) is 0 Å². The average molecular weight is 429 g/mol. The van der Waals surface area contributed by atoms with Gasteiger partial charge in [-0.3, -0.25) is 9.89 Å². The van der Waals surface area contributed by atoms with Gasteiger partial charge in [0.15, 0.2) is 5.96 Å². The van der Waals surface area contributed by atoms with Crippen LogP contribution in [0.15, 0.2) is 33.7 Å². The molecule has 0 saturated carbocycles. The lowest BCUT2D eigenvalue weighted by atomic mass is 9.97. The van der Waals surface area contributed by atoms with E-state index in [1.807, 2.05) is 26.0 Å². The van der Waals surface area contributed by atoms with Crippen LogP contribution in [0, 0.1) is 25.6 Å². The Balaban J connectivity index is 1.19. The van der Waals surface area contributed by atoms with Gasteiger partial charge in [-0.15, -0.1) is 0 Å². The molecule has 7 nitrogen and oxygen atoms in total. The second-order valence-corrected chi connectivity index (χ2v) is 8.62. The Bertz CT molecular complexity index is 860. The molecule has 1 aromatic carbocycles. The summed E-state index contributed by atoms with van der Waals surface area (Å²) >= 11 is 0. The monoisotopic (exact) mass is 428 g/mol. The SMILES string of the molecule is Cc1nc(CN2CCC(CN=C(N)N3CCN(c4ccc(F)cc4)CC3)CC2)oc1C. The highest BCUT2D eigenvalue weighted by Gasteiger charge is 2.22. The standard InChI is InChI=1S/C23H33FN6O/c1-17-18(2)31-22(27-17)16-28-9-7-19(8-10-28)15-26-23(25)30-13-11-29(12-14-30)21-5-3-20(24)4-6-21/h3-6,19H,7-16H2,1-2H3,(H2,25,26). The van der Waals surface area contributed by atoms with Gasteiger partial charge in [0.1, 0.15) is 11.6 Å². The fourth-order valence-electron chi connectivity index (χ4n) is 4.29. The number of nitrogens with two attached hydrogens (primary N) is 1. The topological polar surface area (TPSA) is 74.1 Å². The molecule has 0 amide bonds. The van der Waals surface area contributed by atoms with Crippen molar-refractivity contribution < 1.29 is 8.81 Å². The van der Waals surface area contributed by atoms with Crippen molar-refractivity contribution in [2.24, 2.45) is 16.6 Å². The maximum Gasteiger partial charge on any atom is 0.208 e. The summed E-state index contributed by atoms with van der Waals surface area (Å²) in [5, 5.41) is 0. The van der Waals surface area contributed by atoms with E-state index in [1.54, 1.807) is 0 Å². The summed E-state index contributed by atoms with van der Waals surface area (Å²) in [5.74, 6) is 2.74. The summed E-state index contributed by atoms with van der Waals surface area (Å²) in [7, 11) is 0. The van der Waals surface area contributed by atoms with Gasteiger partial charge >= 0.3 is 0 Å². The van der Waals surface area contributed by atoms with E-state index < -0.39 is 0 Å². The molecule has 0 atom stereocenters. The molecule has 2 aliphatic heterocycles. The zero-order valence-electron chi connectivity index (χ0n) is 18.6. The minimum absolute atomic E-state index is 0.201. The van der Waals surface area contributed by atoms with Crippen LogP contribution in [0.2, 0.25) is 0 Å². The lowest BCUT2D eigenvalue weighted by Gasteiger charge is -2.37. The Kier molecular flexibility index (Phi) is 6.75. The number of aliphatic imine (C=N–C) groups is 1. The molecular formula is C23H33FN6O. The first-order valence-electron chi connectivity index (χ1n) is 11.2. The quantitative estimate of drug-likeness (QED) is 0.583. The molecule has 2 N–H and O–H groups in total. The van der Waals surface area contributed by atoms with Crippen LogP contribution in [0.1, 0.15) is 30.2 Å². The smallest absolute Gasteiger partial charge is 0.208 e. The predicted octanol–water partition coefficient (Wildman–Crippen LogP) is 2.78. The Hall–Kier alpha value is -2.61. The molecule has 2 fully saturated rings. The first-order chi connectivity index (χ1) is 15.0. The molecule has 0 radical (unpaired) electrons. The van der Waals surface area contributed by atoms with E-state index in [-0.39, 0.29) is 5.82 Å². The number of guanidine groups is 1. The molecule has 2 aromatic rings. The zero-order chi connectivity index (χ0) is 21.8. The van der Waals surface area contributed by atoms with Crippen LogP contribution in [-0.2, 0) is 6.54 Å². The maximum atomic E-state index is 13.1. The Morgan fingerprint density at radius 2 is 1.77 bits per heavy atom. The van der Waals surface area contributed by atoms with Crippen LogP contribution in [0.25, 0.3) is 0 Å². The van der Waals surface area contributed by atoms with E-state index in [1.165, 1.54) is 12.1 Å². The van der Waals surface area contributed by atoms with Crippen LogP contribution in [0.5, 0.6) is 0 Å². The van der Waals surface area contributed by atoms with Crippen molar-refractivity contribution in [3.63, 3.8) is 0 Å². The van der Waals surface area contributed by atoms with Gasteiger partial charge in [0, 0.05) is 38.4 Å². The third kappa shape index (κ3) is 5.55. The number of aromatic nitrogens is 1. The van der Waals surface area contributed by atoms with Gasteiger partial charge in [-0.25, -0.2) is 9.37 Å². The van der Waals surface area contributed by atoms with E-state index in [0.717, 1.165) is 88.2 Å². The summed E-state index contributed by atoms with van der Waals surface area (Å²) in [6.45, 7) is 11.0. The number of likely N-dealkylation sites (tertiary alicyclic amines) is 1. The van der Waals surface area contributed by atoms with Gasteiger partial charge in [-0.2, -0.15) is 0 Å². The molecule has 0 bridgehead atoms. The van der Waals surface area contributed by atoms with E-state index in [2.05, 4.69) is 19.7 Å². The van der Waals surface area contributed by atoms with Crippen LogP contribution >= 0.6 is 0 Å². The first-order valence-corrected chi connectivity index (χ1v) is 11.2. The van der Waals surface area contributed by atoms with Crippen molar-refractivity contribution in [1.82, 2.24) is 14.8 Å². The van der Waals surface area contributed by atoms with E-state index in [9.17, 15) is 4.39 Å². The number of hydrogen-bond acceptors (Lipinski definition) is 5. The molecule has 8 heteroatoms. The molecule has 2 aliphatic rings. The molecule has 31 heavy (non-hydrogen) atoms.